The maximum absolute atomic E-state index is 13.3. The SMILES string of the molecule is CN1C(=O)[C@@](CCC2CCCCC2)(C[C@@H]2CCC[C@H](NC3CCCC3)C2)NC1N. The molecule has 3 saturated carbocycles. The molecule has 0 aromatic rings. The molecular formula is C24H44N4O. The predicted octanol–water partition coefficient (Wildman–Crippen LogP) is 3.87. The molecule has 1 saturated heterocycles. The van der Waals surface area contributed by atoms with Gasteiger partial charge < -0.3 is 10.2 Å². The summed E-state index contributed by atoms with van der Waals surface area (Å²) in [7, 11) is 1.87. The third-order valence-corrected chi connectivity index (χ3v) is 8.52. The monoisotopic (exact) mass is 404 g/mol. The first kappa shape index (κ1) is 21.6. The van der Waals surface area contributed by atoms with Gasteiger partial charge in [-0.05, 0) is 56.8 Å². The minimum Gasteiger partial charge on any atom is -0.316 e. The zero-order valence-corrected chi connectivity index (χ0v) is 18.6. The molecule has 4 rings (SSSR count). The van der Waals surface area contributed by atoms with Crippen molar-refractivity contribution in [3.63, 3.8) is 0 Å². The first-order chi connectivity index (χ1) is 14.1. The van der Waals surface area contributed by atoms with Crippen LogP contribution in [-0.4, -0.2) is 41.8 Å². The van der Waals surface area contributed by atoms with Crippen LogP contribution in [0.2, 0.25) is 0 Å². The van der Waals surface area contributed by atoms with Crippen molar-refractivity contribution < 1.29 is 4.79 Å². The molecule has 1 unspecified atom stereocenters. The Labute approximate surface area is 177 Å². The number of rotatable bonds is 7. The van der Waals surface area contributed by atoms with Crippen molar-refractivity contribution >= 4 is 5.91 Å². The van der Waals surface area contributed by atoms with Gasteiger partial charge in [0.2, 0.25) is 5.91 Å². The molecule has 5 nitrogen and oxygen atoms in total. The quantitative estimate of drug-likeness (QED) is 0.602. The first-order valence-corrected chi connectivity index (χ1v) is 12.6. The van der Waals surface area contributed by atoms with Gasteiger partial charge in [0, 0.05) is 19.1 Å². The summed E-state index contributed by atoms with van der Waals surface area (Å²) in [6, 6.07) is 1.39. The molecule has 166 valence electrons. The summed E-state index contributed by atoms with van der Waals surface area (Å²) in [5.41, 5.74) is 5.85. The number of likely N-dealkylation sites (N-methyl/N-ethyl adjacent to an activating group) is 1. The van der Waals surface area contributed by atoms with E-state index in [9.17, 15) is 4.79 Å². The Morgan fingerprint density at radius 2 is 1.62 bits per heavy atom. The zero-order chi connectivity index (χ0) is 20.3. The maximum Gasteiger partial charge on any atom is 0.244 e. The largest absolute Gasteiger partial charge is 0.316 e. The van der Waals surface area contributed by atoms with Crippen LogP contribution in [0, 0.1) is 11.8 Å². The van der Waals surface area contributed by atoms with Crippen LogP contribution in [-0.2, 0) is 4.79 Å². The minimum absolute atomic E-state index is 0.242. The van der Waals surface area contributed by atoms with Crippen molar-refractivity contribution in [2.24, 2.45) is 17.6 Å². The highest BCUT2D eigenvalue weighted by atomic mass is 16.2. The fourth-order valence-electron chi connectivity index (χ4n) is 6.81. The second-order valence-corrected chi connectivity index (χ2v) is 10.7. The van der Waals surface area contributed by atoms with E-state index in [4.69, 9.17) is 5.73 Å². The third-order valence-electron chi connectivity index (χ3n) is 8.52. The average molecular weight is 405 g/mol. The second-order valence-electron chi connectivity index (χ2n) is 10.7. The van der Waals surface area contributed by atoms with E-state index in [1.54, 1.807) is 4.90 Å². The first-order valence-electron chi connectivity index (χ1n) is 12.6. The smallest absolute Gasteiger partial charge is 0.244 e. The van der Waals surface area contributed by atoms with Gasteiger partial charge in [-0.3, -0.25) is 15.8 Å². The molecule has 1 aliphatic heterocycles. The Morgan fingerprint density at radius 1 is 0.966 bits per heavy atom. The lowest BCUT2D eigenvalue weighted by molar-refractivity contribution is -0.133. The summed E-state index contributed by atoms with van der Waals surface area (Å²) in [5.74, 6) is 1.68. The number of nitrogens with two attached hydrogens (primary N) is 1. The zero-order valence-electron chi connectivity index (χ0n) is 18.6. The summed E-state index contributed by atoms with van der Waals surface area (Å²) in [6.07, 6.45) is 20.2. The highest BCUT2D eigenvalue weighted by Crippen LogP contribution is 2.39. The number of hydrogen-bond acceptors (Lipinski definition) is 4. The molecule has 4 fully saturated rings. The van der Waals surface area contributed by atoms with Crippen molar-refractivity contribution in [3.8, 4) is 0 Å². The van der Waals surface area contributed by atoms with Crippen LogP contribution in [0.15, 0.2) is 0 Å². The van der Waals surface area contributed by atoms with Crippen LogP contribution in [0.4, 0.5) is 0 Å². The van der Waals surface area contributed by atoms with Crippen molar-refractivity contribution in [1.82, 2.24) is 15.5 Å². The Balaban J connectivity index is 1.38. The van der Waals surface area contributed by atoms with Gasteiger partial charge in [0.25, 0.3) is 0 Å². The maximum atomic E-state index is 13.3. The van der Waals surface area contributed by atoms with Gasteiger partial charge in [0.05, 0.1) is 0 Å². The Kier molecular flexibility index (Phi) is 7.18. The molecule has 29 heavy (non-hydrogen) atoms. The molecule has 3 aliphatic carbocycles. The molecule has 0 radical (unpaired) electrons. The van der Waals surface area contributed by atoms with Crippen molar-refractivity contribution in [2.75, 3.05) is 7.05 Å². The van der Waals surface area contributed by atoms with E-state index in [0.29, 0.717) is 12.0 Å². The van der Waals surface area contributed by atoms with Crippen LogP contribution in [0.5, 0.6) is 0 Å². The van der Waals surface area contributed by atoms with E-state index >= 15 is 0 Å². The van der Waals surface area contributed by atoms with Crippen LogP contribution in [0.3, 0.4) is 0 Å². The fraction of sp³-hybridized carbons (Fsp3) is 0.958. The molecule has 0 aromatic heterocycles. The van der Waals surface area contributed by atoms with E-state index in [0.717, 1.165) is 24.8 Å². The third kappa shape index (κ3) is 5.16. The van der Waals surface area contributed by atoms with Gasteiger partial charge in [-0.1, -0.05) is 57.8 Å². The highest BCUT2D eigenvalue weighted by Gasteiger charge is 2.49. The predicted molar refractivity (Wildman–Crippen MR) is 118 cm³/mol. The van der Waals surface area contributed by atoms with Gasteiger partial charge in [-0.2, -0.15) is 0 Å². The number of hydrogen-bond donors (Lipinski definition) is 3. The summed E-state index contributed by atoms with van der Waals surface area (Å²) in [4.78, 5) is 15.1. The summed E-state index contributed by atoms with van der Waals surface area (Å²) in [6.45, 7) is 0. The second kappa shape index (κ2) is 9.65. The molecule has 5 heteroatoms. The topological polar surface area (TPSA) is 70.4 Å². The van der Waals surface area contributed by atoms with Crippen molar-refractivity contribution in [1.29, 1.82) is 0 Å². The van der Waals surface area contributed by atoms with E-state index < -0.39 is 5.54 Å². The normalized spacial score (nSPS) is 37.5. The molecule has 0 bridgehead atoms. The molecule has 0 aromatic carbocycles. The van der Waals surface area contributed by atoms with Crippen LogP contribution in [0.1, 0.15) is 103 Å². The van der Waals surface area contributed by atoms with E-state index in [2.05, 4.69) is 10.6 Å². The Morgan fingerprint density at radius 3 is 2.31 bits per heavy atom. The lowest BCUT2D eigenvalue weighted by Gasteiger charge is -2.37. The average Bonchev–Trinajstić information content (AvgIpc) is 3.31. The van der Waals surface area contributed by atoms with Crippen molar-refractivity contribution in [3.05, 3.63) is 0 Å². The molecule has 1 amide bonds. The van der Waals surface area contributed by atoms with E-state index in [-0.39, 0.29) is 12.2 Å². The Hall–Kier alpha value is -0.650. The van der Waals surface area contributed by atoms with Gasteiger partial charge in [-0.25, -0.2) is 0 Å². The number of carbonyl (C=O) groups excluding carboxylic acids is 1. The summed E-state index contributed by atoms with van der Waals surface area (Å²) >= 11 is 0. The van der Waals surface area contributed by atoms with Crippen LogP contribution < -0.4 is 16.4 Å². The fourth-order valence-corrected chi connectivity index (χ4v) is 6.81. The molecule has 4 N–H and O–H groups in total. The van der Waals surface area contributed by atoms with Crippen LogP contribution >= 0.6 is 0 Å². The number of nitrogens with one attached hydrogen (secondary N) is 2. The van der Waals surface area contributed by atoms with Gasteiger partial charge in [0.1, 0.15) is 11.8 Å². The highest BCUT2D eigenvalue weighted by molar-refractivity contribution is 5.88. The standard InChI is InChI=1S/C24H44N4O/c1-28-22(29)24(27-23(28)25,15-14-18-8-3-2-4-9-18)17-19-10-7-13-21(16-19)26-20-11-5-6-12-20/h18-21,23,26-27H,2-17,25H2,1H3/t19-,21+,23?,24-/m1/s1. The molecule has 0 spiro atoms. The van der Waals surface area contributed by atoms with Crippen molar-refractivity contribution in [2.45, 2.75) is 127 Å². The van der Waals surface area contributed by atoms with Crippen LogP contribution in [0.25, 0.3) is 0 Å². The molecule has 1 heterocycles. The van der Waals surface area contributed by atoms with E-state index in [1.807, 2.05) is 7.05 Å². The van der Waals surface area contributed by atoms with E-state index in [1.165, 1.54) is 89.9 Å². The summed E-state index contributed by atoms with van der Waals surface area (Å²) < 4.78 is 0. The van der Waals surface area contributed by atoms with Gasteiger partial charge >= 0.3 is 0 Å². The number of amides is 1. The number of nitrogens with zero attached hydrogens (tertiary/aromatic N) is 1. The molecular weight excluding hydrogens is 360 g/mol. The number of carbonyl (C=O) groups is 1. The Bertz CT molecular complexity index is 543. The molecule has 4 atom stereocenters. The van der Waals surface area contributed by atoms with Gasteiger partial charge in [-0.15, -0.1) is 0 Å². The van der Waals surface area contributed by atoms with Gasteiger partial charge in [0.15, 0.2) is 0 Å². The minimum atomic E-state index is -0.425. The summed E-state index contributed by atoms with van der Waals surface area (Å²) in [5, 5.41) is 7.53. The lowest BCUT2D eigenvalue weighted by atomic mass is 9.74. The lowest BCUT2D eigenvalue weighted by Crippen LogP contribution is -2.51. The molecule has 4 aliphatic rings.